The molecule has 0 unspecified atom stereocenters. The number of hydrogen-bond donors (Lipinski definition) is 1. The van der Waals surface area contributed by atoms with Gasteiger partial charge >= 0.3 is 0 Å². The summed E-state index contributed by atoms with van der Waals surface area (Å²) in [6.45, 7) is 0.141. The first-order valence-electron chi connectivity index (χ1n) is 5.29. The van der Waals surface area contributed by atoms with Crippen molar-refractivity contribution in [3.63, 3.8) is 0 Å². The zero-order valence-electron chi connectivity index (χ0n) is 8.79. The van der Waals surface area contributed by atoms with E-state index in [-0.39, 0.29) is 12.3 Å². The Balaban J connectivity index is 2.47. The largest absolute Gasteiger partial charge is 0.506 e. The molecule has 0 heterocycles. The van der Waals surface area contributed by atoms with Crippen LogP contribution in [0.1, 0.15) is 29.5 Å². The summed E-state index contributed by atoms with van der Waals surface area (Å²) in [4.78, 5) is 13.5. The average Bonchev–Trinajstić information content (AvgIpc) is 2.32. The predicted octanol–water partition coefficient (Wildman–Crippen LogP) is 2.76. The molecule has 1 aromatic rings. The molecular formula is C12H12ClNO2. The Morgan fingerprint density at radius 3 is 2.94 bits per heavy atom. The minimum absolute atomic E-state index is 0.0568. The molecule has 0 radical (unpaired) electrons. The van der Waals surface area contributed by atoms with Crippen molar-refractivity contribution in [3.8, 4) is 5.75 Å². The molecule has 0 aromatic heterocycles. The number of aryl methyl sites for hydroxylation is 1. The summed E-state index contributed by atoms with van der Waals surface area (Å²) in [6, 6.07) is 1.90. The van der Waals surface area contributed by atoms with Gasteiger partial charge in [-0.2, -0.15) is 0 Å². The molecule has 1 aliphatic rings. The fourth-order valence-corrected chi connectivity index (χ4v) is 2.48. The van der Waals surface area contributed by atoms with Gasteiger partial charge < -0.3 is 5.11 Å². The monoisotopic (exact) mass is 237 g/mol. The summed E-state index contributed by atoms with van der Waals surface area (Å²) in [7, 11) is 0. The Morgan fingerprint density at radius 1 is 1.44 bits per heavy atom. The van der Waals surface area contributed by atoms with E-state index in [0.29, 0.717) is 10.6 Å². The van der Waals surface area contributed by atoms with Crippen LogP contribution in [0.15, 0.2) is 11.1 Å². The van der Waals surface area contributed by atoms with Crippen LogP contribution in [0.4, 0.5) is 0 Å². The van der Waals surface area contributed by atoms with Crippen molar-refractivity contribution in [3.05, 3.63) is 27.8 Å². The number of hydrogen-bond acceptors (Lipinski definition) is 3. The van der Waals surface area contributed by atoms with E-state index in [2.05, 4.69) is 4.99 Å². The van der Waals surface area contributed by atoms with Gasteiger partial charge in [-0.05, 0) is 42.9 Å². The summed E-state index contributed by atoms with van der Waals surface area (Å²) >= 11 is 6.11. The van der Waals surface area contributed by atoms with E-state index in [1.54, 1.807) is 0 Å². The lowest BCUT2D eigenvalue weighted by molar-refractivity contribution is 0.466. The van der Waals surface area contributed by atoms with Gasteiger partial charge in [-0.1, -0.05) is 11.6 Å². The molecular weight excluding hydrogens is 226 g/mol. The summed E-state index contributed by atoms with van der Waals surface area (Å²) in [5, 5.41) is 10.3. The molecule has 0 saturated heterocycles. The second-order valence-electron chi connectivity index (χ2n) is 3.95. The highest BCUT2D eigenvalue weighted by atomic mass is 35.5. The highest BCUT2D eigenvalue weighted by Gasteiger charge is 2.18. The highest BCUT2D eigenvalue weighted by molar-refractivity contribution is 6.33. The van der Waals surface area contributed by atoms with E-state index < -0.39 is 0 Å². The van der Waals surface area contributed by atoms with Gasteiger partial charge in [0.2, 0.25) is 6.08 Å². The number of aromatic hydroxyl groups is 1. The summed E-state index contributed by atoms with van der Waals surface area (Å²) in [5.74, 6) is 0.0568. The van der Waals surface area contributed by atoms with E-state index in [9.17, 15) is 9.90 Å². The molecule has 3 nitrogen and oxygen atoms in total. The normalized spacial score (nSPS) is 14.1. The van der Waals surface area contributed by atoms with E-state index in [1.807, 2.05) is 6.07 Å². The number of phenols is 1. The summed E-state index contributed by atoms with van der Waals surface area (Å²) in [5.41, 5.74) is 2.82. The van der Waals surface area contributed by atoms with Crippen molar-refractivity contribution in [1.29, 1.82) is 0 Å². The molecule has 1 N–H and O–H groups in total. The molecule has 0 spiro atoms. The van der Waals surface area contributed by atoms with Crippen molar-refractivity contribution >= 4 is 17.7 Å². The van der Waals surface area contributed by atoms with Crippen molar-refractivity contribution in [2.45, 2.75) is 32.2 Å². The molecule has 0 bridgehead atoms. The first-order chi connectivity index (χ1) is 7.74. The average molecular weight is 238 g/mol. The zero-order chi connectivity index (χ0) is 11.5. The first-order valence-corrected chi connectivity index (χ1v) is 5.67. The lowest BCUT2D eigenvalue weighted by Crippen LogP contribution is -2.04. The number of fused-ring (bicyclic) bond motifs is 1. The van der Waals surface area contributed by atoms with Crippen molar-refractivity contribution in [1.82, 2.24) is 0 Å². The standard InChI is InChI=1S/C12H12ClNO2/c13-11-10-4-2-1-3-8(10)5-9(12(11)16)6-14-7-15/h5,16H,1-4,6H2. The van der Waals surface area contributed by atoms with Gasteiger partial charge in [0.05, 0.1) is 11.6 Å². The number of nitrogens with zero attached hydrogens (tertiary/aromatic N) is 1. The third kappa shape index (κ3) is 1.97. The lowest BCUT2D eigenvalue weighted by Gasteiger charge is -2.19. The van der Waals surface area contributed by atoms with Gasteiger partial charge in [0.25, 0.3) is 0 Å². The fraction of sp³-hybridized carbons (Fsp3) is 0.417. The highest BCUT2D eigenvalue weighted by Crippen LogP contribution is 2.37. The molecule has 2 rings (SSSR count). The van der Waals surface area contributed by atoms with E-state index in [1.165, 1.54) is 11.6 Å². The Hall–Kier alpha value is -1.31. The second-order valence-corrected chi connectivity index (χ2v) is 4.33. The van der Waals surface area contributed by atoms with E-state index in [0.717, 1.165) is 31.2 Å². The van der Waals surface area contributed by atoms with Crippen molar-refractivity contribution < 1.29 is 9.90 Å². The van der Waals surface area contributed by atoms with Crippen LogP contribution in [-0.4, -0.2) is 11.2 Å². The zero-order valence-corrected chi connectivity index (χ0v) is 9.55. The number of rotatable bonds is 2. The lowest BCUT2D eigenvalue weighted by atomic mass is 9.90. The molecule has 1 aliphatic carbocycles. The Labute approximate surface area is 98.8 Å². The van der Waals surface area contributed by atoms with Gasteiger partial charge in [0.1, 0.15) is 5.75 Å². The molecule has 84 valence electrons. The first kappa shape index (κ1) is 11.2. The SMILES string of the molecule is O=C=NCc1cc2c(c(Cl)c1O)CCCC2. The molecule has 0 fully saturated rings. The van der Waals surface area contributed by atoms with Crippen LogP contribution in [0.5, 0.6) is 5.75 Å². The maximum atomic E-state index is 10.1. The molecule has 1 aromatic carbocycles. The van der Waals surface area contributed by atoms with Crippen LogP contribution in [0.2, 0.25) is 5.02 Å². The van der Waals surface area contributed by atoms with Gasteiger partial charge in [0, 0.05) is 5.56 Å². The van der Waals surface area contributed by atoms with Crippen LogP contribution in [0, 0.1) is 0 Å². The topological polar surface area (TPSA) is 49.7 Å². The predicted molar refractivity (Wildman–Crippen MR) is 61.6 cm³/mol. The number of phenolic OH excluding ortho intramolecular Hbond substituents is 1. The van der Waals surface area contributed by atoms with Crippen LogP contribution in [0.25, 0.3) is 0 Å². The number of benzene rings is 1. The Morgan fingerprint density at radius 2 is 2.19 bits per heavy atom. The molecule has 0 amide bonds. The summed E-state index contributed by atoms with van der Waals surface area (Å²) in [6.07, 6.45) is 5.61. The second kappa shape index (κ2) is 4.69. The van der Waals surface area contributed by atoms with Crippen LogP contribution in [-0.2, 0) is 24.2 Å². The maximum absolute atomic E-state index is 10.1. The molecule has 4 heteroatoms. The number of carbonyl (C=O) groups excluding carboxylic acids is 1. The number of isocyanates is 1. The van der Waals surface area contributed by atoms with Gasteiger partial charge in [-0.3, -0.25) is 0 Å². The van der Waals surface area contributed by atoms with Crippen LogP contribution in [0.3, 0.4) is 0 Å². The smallest absolute Gasteiger partial charge is 0.235 e. The minimum Gasteiger partial charge on any atom is -0.506 e. The Bertz CT molecular complexity index is 465. The summed E-state index contributed by atoms with van der Waals surface area (Å²) < 4.78 is 0. The fourth-order valence-electron chi connectivity index (χ4n) is 2.14. The van der Waals surface area contributed by atoms with Crippen LogP contribution < -0.4 is 0 Å². The van der Waals surface area contributed by atoms with Gasteiger partial charge in [-0.15, -0.1) is 0 Å². The molecule has 0 atom stereocenters. The quantitative estimate of drug-likeness (QED) is 0.635. The Kier molecular flexibility index (Phi) is 3.28. The van der Waals surface area contributed by atoms with Crippen LogP contribution >= 0.6 is 11.6 Å². The van der Waals surface area contributed by atoms with Gasteiger partial charge in [0.15, 0.2) is 0 Å². The third-order valence-corrected chi connectivity index (χ3v) is 3.36. The molecule has 0 aliphatic heterocycles. The number of halogens is 1. The van der Waals surface area contributed by atoms with E-state index >= 15 is 0 Å². The minimum atomic E-state index is 0.0568. The third-order valence-electron chi connectivity index (χ3n) is 2.95. The molecule has 0 saturated carbocycles. The van der Waals surface area contributed by atoms with Crippen molar-refractivity contribution in [2.75, 3.05) is 0 Å². The molecule has 16 heavy (non-hydrogen) atoms. The van der Waals surface area contributed by atoms with Gasteiger partial charge in [-0.25, -0.2) is 9.79 Å². The van der Waals surface area contributed by atoms with Crippen molar-refractivity contribution in [2.24, 2.45) is 4.99 Å². The number of aliphatic imine (C=N–C) groups is 1. The maximum Gasteiger partial charge on any atom is 0.235 e. The van der Waals surface area contributed by atoms with E-state index in [4.69, 9.17) is 11.6 Å².